The maximum absolute atomic E-state index is 8.69. The van der Waals surface area contributed by atoms with Crippen molar-refractivity contribution < 1.29 is 0 Å². The minimum Gasteiger partial charge on any atom is -0.193 e. The van der Waals surface area contributed by atoms with Gasteiger partial charge in [0.1, 0.15) is 6.07 Å². The molecule has 54 valence electrons. The second kappa shape index (κ2) is 1.79. The summed E-state index contributed by atoms with van der Waals surface area (Å²) in [5.74, 6) is 0. The summed E-state index contributed by atoms with van der Waals surface area (Å²) in [6.45, 7) is 6.06. The van der Waals surface area contributed by atoms with Crippen molar-refractivity contribution in [2.45, 2.75) is 32.9 Å². The van der Waals surface area contributed by atoms with Crippen LogP contribution < -0.4 is 0 Å². The lowest BCUT2D eigenvalue weighted by atomic mass is 9.80. The third-order valence-corrected chi connectivity index (χ3v) is 2.28. The molecule has 3 heteroatoms. The molecule has 0 spiro atoms. The molecule has 1 aliphatic heterocycles. The Bertz CT molecular complexity index is 203. The average Bonchev–Trinajstić information content (AvgIpc) is 2.67. The van der Waals surface area contributed by atoms with Crippen molar-refractivity contribution in [3.63, 3.8) is 0 Å². The first-order valence-electron chi connectivity index (χ1n) is 3.43. The molecule has 0 amide bonds. The summed E-state index contributed by atoms with van der Waals surface area (Å²) in [6.07, 6.45) is 0.924. The Kier molecular flexibility index (Phi) is 1.29. The molecule has 10 heavy (non-hydrogen) atoms. The van der Waals surface area contributed by atoms with Gasteiger partial charge in [0, 0.05) is 5.41 Å². The van der Waals surface area contributed by atoms with Gasteiger partial charge in [0.25, 0.3) is 5.66 Å². The predicted molar refractivity (Wildman–Crippen MR) is 37.3 cm³/mol. The molecule has 0 saturated carbocycles. The van der Waals surface area contributed by atoms with Gasteiger partial charge in [0.15, 0.2) is 0 Å². The third-order valence-electron chi connectivity index (χ3n) is 2.28. The Hall–Kier alpha value is -0.910. The van der Waals surface area contributed by atoms with E-state index in [9.17, 15) is 0 Å². The van der Waals surface area contributed by atoms with Crippen LogP contribution in [0.5, 0.6) is 0 Å². The molecular weight excluding hydrogens is 126 g/mol. The highest BCUT2D eigenvalue weighted by molar-refractivity contribution is 5.19. The van der Waals surface area contributed by atoms with Gasteiger partial charge in [-0.3, -0.25) is 0 Å². The van der Waals surface area contributed by atoms with Crippen molar-refractivity contribution in [3.05, 3.63) is 0 Å². The van der Waals surface area contributed by atoms with E-state index in [0.717, 1.165) is 6.42 Å². The van der Waals surface area contributed by atoms with Gasteiger partial charge in [-0.05, 0) is 6.42 Å². The highest BCUT2D eigenvalue weighted by Gasteiger charge is 2.53. The van der Waals surface area contributed by atoms with Gasteiger partial charge in [-0.25, -0.2) is 0 Å². The number of nitrogens with zero attached hydrogens (tertiary/aromatic N) is 3. The van der Waals surface area contributed by atoms with Crippen LogP contribution in [0.4, 0.5) is 0 Å². The summed E-state index contributed by atoms with van der Waals surface area (Å²) in [7, 11) is 0. The normalized spacial score (nSPS) is 20.2. The van der Waals surface area contributed by atoms with E-state index in [4.69, 9.17) is 5.26 Å². The molecule has 0 fully saturated rings. The van der Waals surface area contributed by atoms with Crippen LogP contribution in [0.25, 0.3) is 0 Å². The second-order valence-corrected chi connectivity index (χ2v) is 3.22. The molecule has 0 bridgehead atoms. The maximum Gasteiger partial charge on any atom is 0.279 e. The van der Waals surface area contributed by atoms with Gasteiger partial charge in [-0.2, -0.15) is 5.26 Å². The summed E-state index contributed by atoms with van der Waals surface area (Å²) < 4.78 is 0. The highest BCUT2D eigenvalue weighted by atomic mass is 15.4. The van der Waals surface area contributed by atoms with Gasteiger partial charge >= 0.3 is 0 Å². The van der Waals surface area contributed by atoms with E-state index < -0.39 is 5.66 Å². The zero-order chi connectivity index (χ0) is 7.83. The molecule has 0 aromatic rings. The van der Waals surface area contributed by atoms with Crippen molar-refractivity contribution in [1.29, 1.82) is 5.26 Å². The molecule has 1 aliphatic rings. The summed E-state index contributed by atoms with van der Waals surface area (Å²) in [5, 5.41) is 16.2. The minimum absolute atomic E-state index is 0.0955. The zero-order valence-electron chi connectivity index (χ0n) is 6.55. The molecule has 0 aromatic heterocycles. The Balaban J connectivity index is 2.75. The van der Waals surface area contributed by atoms with Crippen molar-refractivity contribution in [2.75, 3.05) is 0 Å². The summed E-state index contributed by atoms with van der Waals surface area (Å²) in [5.41, 5.74) is -0.802. The van der Waals surface area contributed by atoms with Crippen molar-refractivity contribution >= 4 is 0 Å². The third kappa shape index (κ3) is 0.722. The molecule has 0 aliphatic carbocycles. The average molecular weight is 137 g/mol. The van der Waals surface area contributed by atoms with Gasteiger partial charge in [-0.15, -0.1) is 10.2 Å². The van der Waals surface area contributed by atoms with E-state index in [1.165, 1.54) is 0 Å². The van der Waals surface area contributed by atoms with Crippen LogP contribution in [-0.2, 0) is 0 Å². The highest BCUT2D eigenvalue weighted by Crippen LogP contribution is 2.46. The molecule has 0 saturated heterocycles. The number of rotatable bonds is 2. The fraction of sp³-hybridized carbons (Fsp3) is 0.857. The van der Waals surface area contributed by atoms with E-state index in [-0.39, 0.29) is 5.41 Å². The van der Waals surface area contributed by atoms with Crippen molar-refractivity contribution in [3.8, 4) is 6.07 Å². The standard InChI is InChI=1S/C7H11N3/c1-4-6(2,3)7(5-8)9-10-7/h4H2,1-3H3. The summed E-state index contributed by atoms with van der Waals surface area (Å²) in [6, 6.07) is 2.11. The van der Waals surface area contributed by atoms with E-state index >= 15 is 0 Å². The lowest BCUT2D eigenvalue weighted by molar-refractivity contribution is 0.282. The number of hydrogen-bond donors (Lipinski definition) is 0. The Morgan fingerprint density at radius 3 is 2.10 bits per heavy atom. The first-order chi connectivity index (χ1) is 4.58. The second-order valence-electron chi connectivity index (χ2n) is 3.22. The fourth-order valence-corrected chi connectivity index (χ4v) is 0.763. The molecule has 1 rings (SSSR count). The van der Waals surface area contributed by atoms with Gasteiger partial charge in [-0.1, -0.05) is 20.8 Å². The SMILES string of the molecule is CCC(C)(C)C1(C#N)N=N1. The molecule has 1 heterocycles. The molecule has 0 unspecified atom stereocenters. The Morgan fingerprint density at radius 1 is 1.50 bits per heavy atom. The van der Waals surface area contributed by atoms with Crippen LogP contribution in [-0.4, -0.2) is 5.66 Å². The monoisotopic (exact) mass is 137 g/mol. The summed E-state index contributed by atoms with van der Waals surface area (Å²) >= 11 is 0. The minimum atomic E-state index is -0.707. The topological polar surface area (TPSA) is 48.5 Å². The number of nitriles is 1. The Morgan fingerprint density at radius 2 is 2.00 bits per heavy atom. The van der Waals surface area contributed by atoms with Crippen molar-refractivity contribution in [2.24, 2.45) is 15.6 Å². The predicted octanol–water partition coefficient (Wildman–Crippen LogP) is 2.11. The molecule has 0 aromatic carbocycles. The summed E-state index contributed by atoms with van der Waals surface area (Å²) in [4.78, 5) is 0. The lowest BCUT2D eigenvalue weighted by Crippen LogP contribution is -2.30. The van der Waals surface area contributed by atoms with Crippen LogP contribution in [0.2, 0.25) is 0 Å². The molecular formula is C7H11N3. The maximum atomic E-state index is 8.69. The van der Waals surface area contributed by atoms with Crippen LogP contribution >= 0.6 is 0 Å². The molecule has 3 nitrogen and oxygen atoms in total. The molecule has 0 radical (unpaired) electrons. The first-order valence-corrected chi connectivity index (χ1v) is 3.43. The van der Waals surface area contributed by atoms with E-state index in [1.54, 1.807) is 0 Å². The Labute approximate surface area is 60.8 Å². The largest absolute Gasteiger partial charge is 0.279 e. The van der Waals surface area contributed by atoms with Crippen LogP contribution in [0.3, 0.4) is 0 Å². The first kappa shape index (κ1) is 7.20. The van der Waals surface area contributed by atoms with Gasteiger partial charge < -0.3 is 0 Å². The van der Waals surface area contributed by atoms with Gasteiger partial charge in [0.2, 0.25) is 0 Å². The lowest BCUT2D eigenvalue weighted by Gasteiger charge is -2.23. The van der Waals surface area contributed by atoms with E-state index in [2.05, 4.69) is 16.3 Å². The zero-order valence-corrected chi connectivity index (χ0v) is 6.55. The number of hydrogen-bond acceptors (Lipinski definition) is 3. The van der Waals surface area contributed by atoms with Gasteiger partial charge in [0.05, 0.1) is 0 Å². The van der Waals surface area contributed by atoms with E-state index in [0.29, 0.717) is 0 Å². The van der Waals surface area contributed by atoms with Crippen LogP contribution in [0, 0.1) is 16.7 Å². The van der Waals surface area contributed by atoms with Crippen LogP contribution in [0.15, 0.2) is 10.2 Å². The van der Waals surface area contributed by atoms with Crippen LogP contribution in [0.1, 0.15) is 27.2 Å². The van der Waals surface area contributed by atoms with E-state index in [1.807, 2.05) is 20.8 Å². The molecule has 0 N–H and O–H groups in total. The molecule has 0 atom stereocenters. The van der Waals surface area contributed by atoms with Crippen molar-refractivity contribution in [1.82, 2.24) is 0 Å². The quantitative estimate of drug-likeness (QED) is 0.575. The smallest absolute Gasteiger partial charge is 0.193 e. The fourth-order valence-electron chi connectivity index (χ4n) is 0.763.